The van der Waals surface area contributed by atoms with Crippen LogP contribution >= 0.6 is 15.9 Å². The molecular weight excluding hydrogens is 408 g/mol. The van der Waals surface area contributed by atoms with E-state index in [1.165, 1.54) is 0 Å². The second-order valence-corrected chi connectivity index (χ2v) is 8.48. The molecule has 0 fully saturated rings. The quantitative estimate of drug-likeness (QED) is 0.415. The van der Waals surface area contributed by atoms with Crippen LogP contribution in [0.4, 0.5) is 0 Å². The molecule has 1 aromatic carbocycles. The van der Waals surface area contributed by atoms with Gasteiger partial charge in [-0.1, -0.05) is 47.1 Å². The van der Waals surface area contributed by atoms with Gasteiger partial charge < -0.3 is 9.94 Å². The standard InChI is InChI=1S/C21H23BrN2O3/c1-5-27-20(25)17-12(2)23-15-10-21(3,4)11-16(24-26)19(15)18(17)13-6-8-14(22)9-7-13/h6-9,26H,5,10-11H2,1-4H3. The van der Waals surface area contributed by atoms with E-state index in [-0.39, 0.29) is 12.0 Å². The van der Waals surface area contributed by atoms with E-state index in [2.05, 4.69) is 34.9 Å². The summed E-state index contributed by atoms with van der Waals surface area (Å²) in [6.45, 7) is 8.13. The molecule has 0 saturated heterocycles. The molecule has 0 bridgehead atoms. The van der Waals surface area contributed by atoms with Crippen molar-refractivity contribution in [1.29, 1.82) is 0 Å². The molecule has 6 heteroatoms. The molecule has 142 valence electrons. The lowest BCUT2D eigenvalue weighted by molar-refractivity contribution is 0.0526. The minimum Gasteiger partial charge on any atom is -0.462 e. The van der Waals surface area contributed by atoms with Crippen molar-refractivity contribution in [1.82, 2.24) is 4.98 Å². The van der Waals surface area contributed by atoms with Gasteiger partial charge in [0.15, 0.2) is 0 Å². The van der Waals surface area contributed by atoms with Crippen LogP contribution in [0, 0.1) is 12.3 Å². The van der Waals surface area contributed by atoms with E-state index in [4.69, 9.17) is 9.72 Å². The fourth-order valence-corrected chi connectivity index (χ4v) is 3.97. The summed E-state index contributed by atoms with van der Waals surface area (Å²) in [6.07, 6.45) is 1.35. The zero-order valence-corrected chi connectivity index (χ0v) is 17.6. The molecule has 2 aromatic rings. The lowest BCUT2D eigenvalue weighted by Crippen LogP contribution is -2.30. The van der Waals surface area contributed by atoms with E-state index in [1.807, 2.05) is 31.2 Å². The van der Waals surface area contributed by atoms with Gasteiger partial charge in [-0.25, -0.2) is 4.79 Å². The number of halogens is 1. The maximum atomic E-state index is 12.8. The Bertz CT molecular complexity index is 918. The zero-order chi connectivity index (χ0) is 19.8. The van der Waals surface area contributed by atoms with Gasteiger partial charge in [0.05, 0.1) is 29.3 Å². The Labute approximate surface area is 167 Å². The number of pyridine rings is 1. The highest BCUT2D eigenvalue weighted by atomic mass is 79.9. The lowest BCUT2D eigenvalue weighted by Gasteiger charge is -2.33. The third kappa shape index (κ3) is 3.76. The van der Waals surface area contributed by atoms with Crippen molar-refractivity contribution in [2.45, 2.75) is 40.5 Å². The molecule has 5 nitrogen and oxygen atoms in total. The van der Waals surface area contributed by atoms with Gasteiger partial charge in [0.25, 0.3) is 0 Å². The average Bonchev–Trinajstić information content (AvgIpc) is 2.59. The molecule has 27 heavy (non-hydrogen) atoms. The van der Waals surface area contributed by atoms with Crippen molar-refractivity contribution in [2.75, 3.05) is 6.61 Å². The van der Waals surface area contributed by atoms with Crippen LogP contribution in [-0.2, 0) is 11.2 Å². The third-order valence-electron chi connectivity index (χ3n) is 4.77. The molecule has 1 aromatic heterocycles. The highest BCUT2D eigenvalue weighted by Gasteiger charge is 2.36. The number of hydrogen-bond donors (Lipinski definition) is 1. The molecule has 1 aliphatic carbocycles. The van der Waals surface area contributed by atoms with Crippen LogP contribution in [0.25, 0.3) is 11.1 Å². The van der Waals surface area contributed by atoms with E-state index in [0.717, 1.165) is 33.3 Å². The van der Waals surface area contributed by atoms with Crippen LogP contribution in [0.1, 0.15) is 54.5 Å². The van der Waals surface area contributed by atoms with Crippen LogP contribution in [0.2, 0.25) is 0 Å². The second kappa shape index (κ2) is 7.43. The first-order chi connectivity index (χ1) is 12.8. The number of nitrogens with zero attached hydrogens (tertiary/aromatic N) is 2. The van der Waals surface area contributed by atoms with E-state index >= 15 is 0 Å². The van der Waals surface area contributed by atoms with Crippen molar-refractivity contribution in [3.63, 3.8) is 0 Å². The Hall–Kier alpha value is -2.21. The molecule has 1 N–H and O–H groups in total. The Morgan fingerprint density at radius 3 is 2.52 bits per heavy atom. The number of fused-ring (bicyclic) bond motifs is 1. The third-order valence-corrected chi connectivity index (χ3v) is 5.30. The lowest BCUT2D eigenvalue weighted by atomic mass is 9.73. The van der Waals surface area contributed by atoms with Gasteiger partial charge in [0.1, 0.15) is 0 Å². The van der Waals surface area contributed by atoms with Crippen LogP contribution in [-0.4, -0.2) is 28.5 Å². The topological polar surface area (TPSA) is 71.8 Å². The predicted molar refractivity (Wildman–Crippen MR) is 108 cm³/mol. The van der Waals surface area contributed by atoms with Gasteiger partial charge in [-0.15, -0.1) is 0 Å². The number of oxime groups is 1. The zero-order valence-electron chi connectivity index (χ0n) is 16.0. The van der Waals surface area contributed by atoms with E-state index in [0.29, 0.717) is 23.4 Å². The summed E-state index contributed by atoms with van der Waals surface area (Å²) in [6, 6.07) is 7.73. The summed E-state index contributed by atoms with van der Waals surface area (Å²) >= 11 is 3.45. The largest absolute Gasteiger partial charge is 0.462 e. The van der Waals surface area contributed by atoms with Crippen LogP contribution in [0.3, 0.4) is 0 Å². The number of benzene rings is 1. The van der Waals surface area contributed by atoms with Crippen LogP contribution in [0.15, 0.2) is 33.9 Å². The fourth-order valence-electron chi connectivity index (χ4n) is 3.70. The molecule has 0 saturated carbocycles. The number of aryl methyl sites for hydroxylation is 1. The van der Waals surface area contributed by atoms with Crippen molar-refractivity contribution in [3.8, 4) is 11.1 Å². The molecule has 0 atom stereocenters. The highest BCUT2D eigenvalue weighted by Crippen LogP contribution is 2.41. The summed E-state index contributed by atoms with van der Waals surface area (Å²) in [4.78, 5) is 17.5. The highest BCUT2D eigenvalue weighted by molar-refractivity contribution is 9.10. The van der Waals surface area contributed by atoms with Crippen molar-refractivity contribution in [3.05, 3.63) is 51.3 Å². The van der Waals surface area contributed by atoms with Crippen molar-refractivity contribution in [2.24, 2.45) is 10.6 Å². The number of rotatable bonds is 3. The van der Waals surface area contributed by atoms with E-state index < -0.39 is 5.97 Å². The van der Waals surface area contributed by atoms with E-state index in [1.54, 1.807) is 6.92 Å². The number of ether oxygens (including phenoxy) is 1. The molecule has 1 heterocycles. The van der Waals surface area contributed by atoms with Crippen molar-refractivity contribution >= 4 is 27.6 Å². The molecule has 0 aliphatic heterocycles. The van der Waals surface area contributed by atoms with Gasteiger partial charge in [0, 0.05) is 15.6 Å². The monoisotopic (exact) mass is 430 g/mol. The number of carbonyl (C=O) groups is 1. The molecule has 0 amide bonds. The van der Waals surface area contributed by atoms with Gasteiger partial charge >= 0.3 is 5.97 Å². The first-order valence-electron chi connectivity index (χ1n) is 8.95. The predicted octanol–water partition coefficient (Wildman–Crippen LogP) is 5.15. The first-order valence-corrected chi connectivity index (χ1v) is 9.74. The molecule has 0 unspecified atom stereocenters. The Kier molecular flexibility index (Phi) is 5.38. The number of hydrogen-bond acceptors (Lipinski definition) is 5. The summed E-state index contributed by atoms with van der Waals surface area (Å²) < 4.78 is 6.25. The van der Waals surface area contributed by atoms with Gasteiger partial charge in [-0.05, 0) is 49.8 Å². The molecule has 3 rings (SSSR count). The Morgan fingerprint density at radius 1 is 1.26 bits per heavy atom. The minimum atomic E-state index is -0.412. The summed E-state index contributed by atoms with van der Waals surface area (Å²) in [5.41, 5.74) is 4.72. The van der Waals surface area contributed by atoms with E-state index in [9.17, 15) is 10.0 Å². The van der Waals surface area contributed by atoms with Gasteiger partial charge in [0.2, 0.25) is 0 Å². The molecule has 0 spiro atoms. The maximum Gasteiger partial charge on any atom is 0.340 e. The molecular formula is C21H23BrN2O3. The normalized spacial score (nSPS) is 16.9. The number of carbonyl (C=O) groups excluding carboxylic acids is 1. The smallest absolute Gasteiger partial charge is 0.340 e. The van der Waals surface area contributed by atoms with Gasteiger partial charge in [-0.3, -0.25) is 4.98 Å². The summed E-state index contributed by atoms with van der Waals surface area (Å²) in [5.74, 6) is -0.412. The summed E-state index contributed by atoms with van der Waals surface area (Å²) in [7, 11) is 0. The number of aromatic nitrogens is 1. The average molecular weight is 431 g/mol. The summed E-state index contributed by atoms with van der Waals surface area (Å²) in [5, 5.41) is 13.3. The Morgan fingerprint density at radius 2 is 1.93 bits per heavy atom. The second-order valence-electron chi connectivity index (χ2n) is 7.56. The molecule has 1 aliphatic rings. The number of esters is 1. The van der Waals surface area contributed by atoms with Gasteiger partial charge in [-0.2, -0.15) is 0 Å². The molecule has 0 radical (unpaired) electrons. The minimum absolute atomic E-state index is 0.0730. The fraction of sp³-hybridized carbons (Fsp3) is 0.381. The Balaban J connectivity index is 2.37. The maximum absolute atomic E-state index is 12.8. The first kappa shape index (κ1) is 19.5. The van der Waals surface area contributed by atoms with Crippen LogP contribution < -0.4 is 0 Å². The van der Waals surface area contributed by atoms with Crippen LogP contribution in [0.5, 0.6) is 0 Å². The van der Waals surface area contributed by atoms with Crippen molar-refractivity contribution < 1.29 is 14.7 Å². The SMILES string of the molecule is CCOC(=O)c1c(C)nc2c(c1-c1ccc(Br)cc1)C(=NO)CC(C)(C)C2.